The first kappa shape index (κ1) is 10.6. The molecule has 0 amide bonds. The van der Waals surface area contributed by atoms with Crippen molar-refractivity contribution >= 4 is 5.69 Å². The molecule has 1 nitrogen and oxygen atoms in total. The Hall–Kier alpha value is -1.90. The fourth-order valence-corrected chi connectivity index (χ4v) is 1.54. The highest BCUT2D eigenvalue weighted by molar-refractivity contribution is 5.69. The van der Waals surface area contributed by atoms with Crippen molar-refractivity contribution in [2.45, 2.75) is 6.92 Å². The number of nitrogens with two attached hydrogens (primary N) is 1. The summed E-state index contributed by atoms with van der Waals surface area (Å²) < 4.78 is 26.4. The van der Waals surface area contributed by atoms with Crippen molar-refractivity contribution in [1.82, 2.24) is 0 Å². The average Bonchev–Trinajstić information content (AvgIpc) is 2.25. The van der Waals surface area contributed by atoms with Crippen LogP contribution in [0, 0.1) is 18.6 Å². The molecule has 82 valence electrons. The van der Waals surface area contributed by atoms with Crippen LogP contribution in [0.2, 0.25) is 0 Å². The Morgan fingerprint density at radius 1 is 1.00 bits per heavy atom. The second kappa shape index (κ2) is 3.93. The van der Waals surface area contributed by atoms with E-state index >= 15 is 0 Å². The van der Waals surface area contributed by atoms with Gasteiger partial charge in [0, 0.05) is 11.3 Å². The van der Waals surface area contributed by atoms with E-state index in [4.69, 9.17) is 5.73 Å². The van der Waals surface area contributed by atoms with Crippen molar-refractivity contribution in [2.75, 3.05) is 5.73 Å². The molecule has 2 aromatic carbocycles. The van der Waals surface area contributed by atoms with E-state index in [0.29, 0.717) is 22.4 Å². The largest absolute Gasteiger partial charge is 0.398 e. The molecule has 0 radical (unpaired) electrons. The van der Waals surface area contributed by atoms with Crippen LogP contribution in [-0.4, -0.2) is 0 Å². The molecule has 0 atom stereocenters. The van der Waals surface area contributed by atoms with Crippen LogP contribution in [-0.2, 0) is 0 Å². The maximum absolute atomic E-state index is 13.7. The quantitative estimate of drug-likeness (QED) is 0.729. The maximum atomic E-state index is 13.7. The summed E-state index contributed by atoms with van der Waals surface area (Å²) in [6.45, 7) is 1.74. The predicted octanol–water partition coefficient (Wildman–Crippen LogP) is 3.52. The van der Waals surface area contributed by atoms with Crippen LogP contribution < -0.4 is 5.73 Å². The molecular weight excluding hydrogens is 208 g/mol. The van der Waals surface area contributed by atoms with Crippen molar-refractivity contribution in [3.05, 3.63) is 53.6 Å². The van der Waals surface area contributed by atoms with Crippen molar-refractivity contribution in [3.8, 4) is 11.1 Å². The van der Waals surface area contributed by atoms with Crippen molar-refractivity contribution in [1.29, 1.82) is 0 Å². The Morgan fingerprint density at radius 2 is 1.62 bits per heavy atom. The highest BCUT2D eigenvalue weighted by Crippen LogP contribution is 2.27. The average molecular weight is 219 g/mol. The van der Waals surface area contributed by atoms with E-state index in [-0.39, 0.29) is 11.6 Å². The topological polar surface area (TPSA) is 26.0 Å². The lowest BCUT2D eigenvalue weighted by Gasteiger charge is -2.07. The molecule has 0 aliphatic heterocycles. The Balaban J connectivity index is 2.56. The van der Waals surface area contributed by atoms with Gasteiger partial charge in [-0.25, -0.2) is 8.78 Å². The van der Waals surface area contributed by atoms with Gasteiger partial charge in [-0.15, -0.1) is 0 Å². The number of benzene rings is 2. The van der Waals surface area contributed by atoms with Gasteiger partial charge in [0.05, 0.1) is 0 Å². The molecule has 2 aromatic rings. The van der Waals surface area contributed by atoms with Gasteiger partial charge in [-0.2, -0.15) is 0 Å². The van der Waals surface area contributed by atoms with Gasteiger partial charge in [0.2, 0.25) is 0 Å². The Labute approximate surface area is 92.5 Å². The normalized spacial score (nSPS) is 10.4. The lowest BCUT2D eigenvalue weighted by molar-refractivity contribution is 0.625. The monoisotopic (exact) mass is 219 g/mol. The van der Waals surface area contributed by atoms with E-state index in [1.807, 2.05) is 0 Å². The Morgan fingerprint density at radius 3 is 2.25 bits per heavy atom. The van der Waals surface area contributed by atoms with Crippen LogP contribution in [0.5, 0.6) is 0 Å². The highest BCUT2D eigenvalue weighted by Gasteiger charge is 2.07. The molecule has 16 heavy (non-hydrogen) atoms. The molecule has 0 aliphatic rings. The standard InChI is InChI=1S/C13H11F2N/c1-8-6-12(15)11(7-13(8)16)9-2-4-10(14)5-3-9/h2-7H,16H2,1H3. The second-order valence-corrected chi connectivity index (χ2v) is 3.70. The molecule has 0 aliphatic carbocycles. The highest BCUT2D eigenvalue weighted by atomic mass is 19.1. The summed E-state index contributed by atoms with van der Waals surface area (Å²) in [5, 5.41) is 0. The zero-order valence-electron chi connectivity index (χ0n) is 8.80. The number of hydrogen-bond acceptors (Lipinski definition) is 1. The minimum atomic E-state index is -0.349. The summed E-state index contributed by atoms with van der Waals surface area (Å²) in [5.41, 5.74) is 7.95. The molecule has 0 saturated carbocycles. The van der Waals surface area contributed by atoms with E-state index in [2.05, 4.69) is 0 Å². The first-order chi connectivity index (χ1) is 7.58. The van der Waals surface area contributed by atoms with E-state index in [1.165, 1.54) is 30.3 Å². The fourth-order valence-electron chi connectivity index (χ4n) is 1.54. The number of anilines is 1. The summed E-state index contributed by atoms with van der Waals surface area (Å²) in [4.78, 5) is 0. The van der Waals surface area contributed by atoms with Gasteiger partial charge in [0.25, 0.3) is 0 Å². The van der Waals surface area contributed by atoms with Crippen molar-refractivity contribution in [3.63, 3.8) is 0 Å². The molecule has 0 heterocycles. The van der Waals surface area contributed by atoms with Gasteiger partial charge in [-0.3, -0.25) is 0 Å². The lowest BCUT2D eigenvalue weighted by Crippen LogP contribution is -1.93. The number of aryl methyl sites for hydroxylation is 1. The van der Waals surface area contributed by atoms with Crippen LogP contribution in [0.3, 0.4) is 0 Å². The molecule has 0 saturated heterocycles. The molecule has 2 rings (SSSR count). The summed E-state index contributed by atoms with van der Waals surface area (Å²) in [6.07, 6.45) is 0. The van der Waals surface area contributed by atoms with Gasteiger partial charge in [0.15, 0.2) is 0 Å². The van der Waals surface area contributed by atoms with E-state index in [9.17, 15) is 8.78 Å². The Bertz CT molecular complexity index is 518. The smallest absolute Gasteiger partial charge is 0.131 e. The van der Waals surface area contributed by atoms with Crippen LogP contribution in [0.25, 0.3) is 11.1 Å². The first-order valence-electron chi connectivity index (χ1n) is 4.89. The lowest BCUT2D eigenvalue weighted by atomic mass is 10.0. The van der Waals surface area contributed by atoms with E-state index in [1.54, 1.807) is 13.0 Å². The molecule has 0 fully saturated rings. The second-order valence-electron chi connectivity index (χ2n) is 3.70. The SMILES string of the molecule is Cc1cc(F)c(-c2ccc(F)cc2)cc1N. The zero-order chi connectivity index (χ0) is 11.7. The van der Waals surface area contributed by atoms with Crippen LogP contribution >= 0.6 is 0 Å². The van der Waals surface area contributed by atoms with Gasteiger partial charge in [-0.1, -0.05) is 12.1 Å². The summed E-state index contributed by atoms with van der Waals surface area (Å²) >= 11 is 0. The Kier molecular flexibility index (Phi) is 2.60. The number of nitrogen functional groups attached to an aromatic ring is 1. The molecule has 3 heteroatoms. The number of halogens is 2. The molecule has 2 N–H and O–H groups in total. The summed E-state index contributed by atoms with van der Waals surface area (Å²) in [7, 11) is 0. The summed E-state index contributed by atoms with van der Waals surface area (Å²) in [6, 6.07) is 8.60. The third-order valence-electron chi connectivity index (χ3n) is 2.51. The third kappa shape index (κ3) is 1.89. The van der Waals surface area contributed by atoms with Crippen LogP contribution in [0.1, 0.15) is 5.56 Å². The van der Waals surface area contributed by atoms with Gasteiger partial charge in [0.1, 0.15) is 11.6 Å². The number of hydrogen-bond donors (Lipinski definition) is 1. The van der Waals surface area contributed by atoms with Gasteiger partial charge < -0.3 is 5.73 Å². The minimum Gasteiger partial charge on any atom is -0.398 e. The molecule has 0 bridgehead atoms. The summed E-state index contributed by atoms with van der Waals surface area (Å²) in [5.74, 6) is -0.692. The fraction of sp³-hybridized carbons (Fsp3) is 0.0769. The third-order valence-corrected chi connectivity index (χ3v) is 2.51. The molecule has 0 aromatic heterocycles. The van der Waals surface area contributed by atoms with Crippen molar-refractivity contribution in [2.24, 2.45) is 0 Å². The zero-order valence-corrected chi connectivity index (χ0v) is 8.80. The predicted molar refractivity (Wildman–Crippen MR) is 60.9 cm³/mol. The van der Waals surface area contributed by atoms with E-state index in [0.717, 1.165) is 0 Å². The maximum Gasteiger partial charge on any atom is 0.131 e. The first-order valence-corrected chi connectivity index (χ1v) is 4.89. The number of rotatable bonds is 1. The van der Waals surface area contributed by atoms with Crippen molar-refractivity contribution < 1.29 is 8.78 Å². The molecule has 0 spiro atoms. The molecular formula is C13H11F2N. The van der Waals surface area contributed by atoms with Gasteiger partial charge >= 0.3 is 0 Å². The molecule has 0 unspecified atom stereocenters. The van der Waals surface area contributed by atoms with Gasteiger partial charge in [-0.05, 0) is 42.3 Å². The van der Waals surface area contributed by atoms with Crippen LogP contribution in [0.15, 0.2) is 36.4 Å². The van der Waals surface area contributed by atoms with Crippen LogP contribution in [0.4, 0.5) is 14.5 Å². The minimum absolute atomic E-state index is 0.343. The van der Waals surface area contributed by atoms with E-state index < -0.39 is 0 Å².